The zero-order valence-corrected chi connectivity index (χ0v) is 17.2. The highest BCUT2D eigenvalue weighted by Gasteiger charge is 2.30. The average Bonchev–Trinajstić information content (AvgIpc) is 3.29. The summed E-state index contributed by atoms with van der Waals surface area (Å²) in [5, 5.41) is 9.94. The van der Waals surface area contributed by atoms with Crippen LogP contribution in [0.4, 0.5) is 4.39 Å². The van der Waals surface area contributed by atoms with Crippen molar-refractivity contribution in [1.82, 2.24) is 19.9 Å². The molecule has 8 heteroatoms. The van der Waals surface area contributed by atoms with E-state index in [0.717, 1.165) is 35.7 Å². The first-order valence-corrected chi connectivity index (χ1v) is 10.2. The summed E-state index contributed by atoms with van der Waals surface area (Å²) in [5.41, 5.74) is 2.86. The molecule has 3 heterocycles. The van der Waals surface area contributed by atoms with Crippen LogP contribution in [0.2, 0.25) is 0 Å². The summed E-state index contributed by atoms with van der Waals surface area (Å²) in [4.78, 5) is 26.5. The predicted molar refractivity (Wildman–Crippen MR) is 111 cm³/mol. The van der Waals surface area contributed by atoms with E-state index in [0.29, 0.717) is 24.7 Å². The Morgan fingerprint density at radius 1 is 1.23 bits per heavy atom. The summed E-state index contributed by atoms with van der Waals surface area (Å²) in [6, 6.07) is 8.22. The molecule has 0 spiro atoms. The number of aromatic nitrogens is 3. The van der Waals surface area contributed by atoms with Gasteiger partial charge < -0.3 is 14.7 Å². The highest BCUT2D eigenvalue weighted by Crippen LogP contribution is 2.33. The van der Waals surface area contributed by atoms with Crippen molar-refractivity contribution in [3.8, 4) is 11.6 Å². The largest absolute Gasteiger partial charge is 0.439 e. The molecule has 7 nitrogen and oxygen atoms in total. The maximum atomic E-state index is 13.1. The van der Waals surface area contributed by atoms with Gasteiger partial charge in [-0.05, 0) is 48.2 Å². The van der Waals surface area contributed by atoms with Crippen LogP contribution in [0.25, 0.3) is 0 Å². The Morgan fingerprint density at radius 2 is 2.10 bits per heavy atom. The molecule has 1 atom stereocenters. The number of ether oxygens (including phenoxy) is 1. The molecule has 1 saturated heterocycles. The third-order valence-electron chi connectivity index (χ3n) is 5.49. The normalized spacial score (nSPS) is 15.8. The van der Waals surface area contributed by atoms with Crippen LogP contribution in [0.1, 0.15) is 46.4 Å². The molecule has 2 aromatic heterocycles. The maximum Gasteiger partial charge on any atom is 0.272 e. The van der Waals surface area contributed by atoms with Crippen LogP contribution in [0.15, 0.2) is 49.1 Å². The highest BCUT2D eigenvalue weighted by atomic mass is 19.1. The summed E-state index contributed by atoms with van der Waals surface area (Å²) in [6.45, 7) is 2.95. The summed E-state index contributed by atoms with van der Waals surface area (Å²) < 4.78 is 19.0. The van der Waals surface area contributed by atoms with Crippen LogP contribution < -0.4 is 4.74 Å². The van der Waals surface area contributed by atoms with E-state index < -0.39 is 5.82 Å². The molecule has 31 heavy (non-hydrogen) atoms. The zero-order valence-electron chi connectivity index (χ0n) is 17.2. The molecule has 0 unspecified atom stereocenters. The number of benzene rings is 1. The van der Waals surface area contributed by atoms with Gasteiger partial charge in [-0.1, -0.05) is 13.0 Å². The van der Waals surface area contributed by atoms with Crippen LogP contribution in [-0.4, -0.2) is 44.0 Å². The number of pyridine rings is 1. The first-order valence-electron chi connectivity index (χ1n) is 10.2. The van der Waals surface area contributed by atoms with Gasteiger partial charge in [-0.3, -0.25) is 4.79 Å². The fourth-order valence-electron chi connectivity index (χ4n) is 3.84. The number of nitrogens with zero attached hydrogens (tertiary/aromatic N) is 4. The van der Waals surface area contributed by atoms with Gasteiger partial charge in [-0.15, -0.1) is 0 Å². The van der Waals surface area contributed by atoms with Crippen molar-refractivity contribution >= 4 is 5.91 Å². The van der Waals surface area contributed by atoms with E-state index in [-0.39, 0.29) is 24.1 Å². The van der Waals surface area contributed by atoms with Crippen molar-refractivity contribution < 1.29 is 19.0 Å². The number of aliphatic hydroxyl groups is 1. The number of carbonyl (C=O) groups is 1. The maximum absolute atomic E-state index is 13.1. The third-order valence-corrected chi connectivity index (χ3v) is 5.49. The van der Waals surface area contributed by atoms with E-state index in [1.807, 2.05) is 25.1 Å². The molecule has 0 saturated carbocycles. The van der Waals surface area contributed by atoms with Crippen molar-refractivity contribution in [1.29, 1.82) is 0 Å². The lowest BCUT2D eigenvalue weighted by atomic mass is 9.93. The van der Waals surface area contributed by atoms with Crippen molar-refractivity contribution in [2.24, 2.45) is 0 Å². The zero-order chi connectivity index (χ0) is 21.8. The fraction of sp³-hybridized carbons (Fsp3) is 0.304. The van der Waals surface area contributed by atoms with Gasteiger partial charge in [0.2, 0.25) is 5.88 Å². The number of amides is 1. The molecule has 1 aromatic carbocycles. The smallest absolute Gasteiger partial charge is 0.272 e. The van der Waals surface area contributed by atoms with Crippen LogP contribution in [0.5, 0.6) is 11.6 Å². The minimum atomic E-state index is -0.473. The van der Waals surface area contributed by atoms with Gasteiger partial charge in [0, 0.05) is 30.8 Å². The number of hydrogen-bond acceptors (Lipinski definition) is 6. The quantitative estimate of drug-likeness (QED) is 0.654. The Bertz CT molecular complexity index is 1070. The molecule has 1 fully saturated rings. The second kappa shape index (κ2) is 9.18. The standard InChI is InChI=1S/C23H23FN4O3/c1-2-15-10-25-14-27-22(15)31-19-4-5-20(17(9-19)13-29)16-7-8-28(12-16)23(30)21-6-3-18(24)11-26-21/h3-6,9-11,14,16,29H,2,7-8,12-13H2,1H3/t16-/m1/s1. The minimum absolute atomic E-state index is 0.0888. The molecule has 160 valence electrons. The average molecular weight is 422 g/mol. The molecular formula is C23H23FN4O3. The summed E-state index contributed by atoms with van der Waals surface area (Å²) in [6.07, 6.45) is 5.73. The number of aliphatic hydroxyl groups excluding tert-OH is 1. The number of halogens is 1. The molecule has 1 aliphatic rings. The molecule has 1 aliphatic heterocycles. The minimum Gasteiger partial charge on any atom is -0.439 e. The monoisotopic (exact) mass is 422 g/mol. The summed E-state index contributed by atoms with van der Waals surface area (Å²) in [5.74, 6) is 0.481. The first-order chi connectivity index (χ1) is 15.1. The Labute approximate surface area is 179 Å². The summed E-state index contributed by atoms with van der Waals surface area (Å²) in [7, 11) is 0. The number of aryl methyl sites for hydroxylation is 1. The topological polar surface area (TPSA) is 88.4 Å². The van der Waals surface area contributed by atoms with Gasteiger partial charge in [0.05, 0.1) is 12.8 Å². The van der Waals surface area contributed by atoms with Crippen LogP contribution in [0.3, 0.4) is 0 Å². The SMILES string of the molecule is CCc1cncnc1Oc1ccc([C@@H]2CCN(C(=O)c3ccc(F)cn3)C2)c(CO)c1. The van der Waals surface area contributed by atoms with Gasteiger partial charge >= 0.3 is 0 Å². The molecular weight excluding hydrogens is 399 g/mol. The fourth-order valence-corrected chi connectivity index (χ4v) is 3.84. The van der Waals surface area contributed by atoms with Gasteiger partial charge in [0.15, 0.2) is 0 Å². The van der Waals surface area contributed by atoms with Crippen molar-refractivity contribution in [2.75, 3.05) is 13.1 Å². The van der Waals surface area contributed by atoms with Crippen molar-refractivity contribution in [3.05, 3.63) is 77.3 Å². The Kier molecular flexibility index (Phi) is 6.18. The Hall–Kier alpha value is -3.39. The number of rotatable bonds is 6. The number of likely N-dealkylation sites (tertiary alicyclic amines) is 1. The van der Waals surface area contributed by atoms with E-state index in [1.165, 1.54) is 18.5 Å². The molecule has 0 bridgehead atoms. The predicted octanol–water partition coefficient (Wildman–Crippen LogP) is 3.49. The van der Waals surface area contributed by atoms with E-state index >= 15 is 0 Å². The Balaban J connectivity index is 1.49. The molecule has 0 aliphatic carbocycles. The Morgan fingerprint density at radius 3 is 2.84 bits per heavy atom. The molecule has 1 N–H and O–H groups in total. The third kappa shape index (κ3) is 4.54. The van der Waals surface area contributed by atoms with E-state index in [9.17, 15) is 14.3 Å². The van der Waals surface area contributed by atoms with Crippen LogP contribution in [-0.2, 0) is 13.0 Å². The molecule has 4 rings (SSSR count). The number of carbonyl (C=O) groups excluding carboxylic acids is 1. The number of hydrogen-bond donors (Lipinski definition) is 1. The van der Waals surface area contributed by atoms with Gasteiger partial charge in [-0.2, -0.15) is 0 Å². The van der Waals surface area contributed by atoms with Crippen molar-refractivity contribution in [2.45, 2.75) is 32.3 Å². The summed E-state index contributed by atoms with van der Waals surface area (Å²) >= 11 is 0. The van der Waals surface area contributed by atoms with E-state index in [4.69, 9.17) is 4.74 Å². The molecule has 1 amide bonds. The van der Waals surface area contributed by atoms with Gasteiger partial charge in [0.1, 0.15) is 23.6 Å². The lowest BCUT2D eigenvalue weighted by molar-refractivity contribution is 0.0785. The molecule has 3 aromatic rings. The van der Waals surface area contributed by atoms with Gasteiger partial charge in [-0.25, -0.2) is 19.3 Å². The lowest BCUT2D eigenvalue weighted by Crippen LogP contribution is -2.29. The second-order valence-corrected chi connectivity index (χ2v) is 7.43. The van der Waals surface area contributed by atoms with E-state index in [1.54, 1.807) is 11.1 Å². The lowest BCUT2D eigenvalue weighted by Gasteiger charge is -2.18. The first kappa shape index (κ1) is 20.9. The highest BCUT2D eigenvalue weighted by molar-refractivity contribution is 5.92. The second-order valence-electron chi connectivity index (χ2n) is 7.43. The van der Waals surface area contributed by atoms with Crippen LogP contribution >= 0.6 is 0 Å². The van der Waals surface area contributed by atoms with E-state index in [2.05, 4.69) is 15.0 Å². The van der Waals surface area contributed by atoms with Crippen molar-refractivity contribution in [3.63, 3.8) is 0 Å². The van der Waals surface area contributed by atoms with Gasteiger partial charge in [0.25, 0.3) is 5.91 Å². The molecule has 0 radical (unpaired) electrons. The van der Waals surface area contributed by atoms with Crippen LogP contribution in [0, 0.1) is 5.82 Å².